The van der Waals surface area contributed by atoms with E-state index in [-0.39, 0.29) is 17.2 Å². The van der Waals surface area contributed by atoms with Gasteiger partial charge in [0.1, 0.15) is 0 Å². The Balaban J connectivity index is 0.000000218. The highest BCUT2D eigenvalue weighted by molar-refractivity contribution is 6.13. The Hall–Kier alpha value is -2.90. The molecule has 1 fully saturated rings. The summed E-state index contributed by atoms with van der Waals surface area (Å²) in [5.41, 5.74) is 2.34. The van der Waals surface area contributed by atoms with E-state index in [9.17, 15) is 9.59 Å². The molecule has 2 aliphatic heterocycles. The van der Waals surface area contributed by atoms with Crippen LogP contribution in [-0.4, -0.2) is 38.4 Å². The van der Waals surface area contributed by atoms with Crippen molar-refractivity contribution in [1.29, 1.82) is 0 Å². The maximum atomic E-state index is 12.5. The third kappa shape index (κ3) is 3.15. The van der Waals surface area contributed by atoms with Crippen molar-refractivity contribution in [2.24, 2.45) is 5.84 Å². The number of hydrogen-bond donors (Lipinski definition) is 1. The normalized spacial score (nSPS) is 15.9. The standard InChI is InChI=1S/C15H9N3O2.C5H12N2/c1-8-2-3-12-9(6-8)13(19)14-17-11-4-5-16-7-10(11)15(20)18(12)14;6-7-4-2-1-3-5-7/h2-7H,1H3;1-6H2. The number of carbonyl (C=O) groups is 1. The van der Waals surface area contributed by atoms with E-state index in [4.69, 9.17) is 5.84 Å². The maximum absolute atomic E-state index is 12.5. The molecule has 1 aromatic carbocycles. The van der Waals surface area contributed by atoms with Gasteiger partial charge in [-0.3, -0.25) is 25.0 Å². The number of aromatic nitrogens is 3. The van der Waals surface area contributed by atoms with Crippen LogP contribution in [0, 0.1) is 6.92 Å². The van der Waals surface area contributed by atoms with Crippen LogP contribution in [-0.2, 0) is 0 Å². The molecule has 0 atom stereocenters. The van der Waals surface area contributed by atoms with Crippen molar-refractivity contribution in [3.8, 4) is 5.69 Å². The molecule has 0 radical (unpaired) electrons. The van der Waals surface area contributed by atoms with Crippen molar-refractivity contribution in [3.05, 3.63) is 64.0 Å². The number of hydrogen-bond acceptors (Lipinski definition) is 6. The van der Waals surface area contributed by atoms with E-state index in [1.807, 2.05) is 18.0 Å². The van der Waals surface area contributed by atoms with Gasteiger partial charge in [-0.1, -0.05) is 18.1 Å². The van der Waals surface area contributed by atoms with Crippen LogP contribution < -0.4 is 11.4 Å². The Morgan fingerprint density at radius 2 is 1.85 bits per heavy atom. The number of nitrogens with two attached hydrogens (primary N) is 1. The number of ketones is 1. The first kappa shape index (κ1) is 17.5. The lowest BCUT2D eigenvalue weighted by atomic mass is 10.1. The summed E-state index contributed by atoms with van der Waals surface area (Å²) >= 11 is 0. The quantitative estimate of drug-likeness (QED) is 0.480. The number of nitrogens with zero attached hydrogens (tertiary/aromatic N) is 4. The average Bonchev–Trinajstić information content (AvgIpc) is 2.95. The summed E-state index contributed by atoms with van der Waals surface area (Å²) in [5.74, 6) is 5.43. The second kappa shape index (κ2) is 7.02. The van der Waals surface area contributed by atoms with Crippen LogP contribution >= 0.6 is 0 Å². The fourth-order valence-electron chi connectivity index (χ4n) is 3.47. The number of carbonyl (C=O) groups excluding carboxylic acids is 1. The van der Waals surface area contributed by atoms with Crippen LogP contribution in [0.15, 0.2) is 41.5 Å². The third-order valence-electron chi connectivity index (χ3n) is 4.90. The van der Waals surface area contributed by atoms with Crippen LogP contribution in [0.3, 0.4) is 0 Å². The molecule has 2 N–H and O–H groups in total. The number of hydrazine groups is 1. The van der Waals surface area contributed by atoms with E-state index < -0.39 is 0 Å². The molecule has 3 aromatic rings. The first-order valence-electron chi connectivity index (χ1n) is 9.08. The number of benzene rings is 1. The van der Waals surface area contributed by atoms with Gasteiger partial charge in [-0.05, 0) is 38.0 Å². The zero-order chi connectivity index (χ0) is 19.0. The number of rotatable bonds is 0. The summed E-state index contributed by atoms with van der Waals surface area (Å²) in [6.45, 7) is 4.10. The molecule has 27 heavy (non-hydrogen) atoms. The summed E-state index contributed by atoms with van der Waals surface area (Å²) in [4.78, 5) is 33.2. The topological polar surface area (TPSA) is 94.1 Å². The molecule has 2 aromatic heterocycles. The van der Waals surface area contributed by atoms with Crippen LogP contribution in [0.4, 0.5) is 0 Å². The summed E-state index contributed by atoms with van der Waals surface area (Å²) in [7, 11) is 0. The zero-order valence-electron chi connectivity index (χ0n) is 15.2. The fourth-order valence-corrected chi connectivity index (χ4v) is 3.47. The van der Waals surface area contributed by atoms with Crippen molar-refractivity contribution in [3.63, 3.8) is 0 Å². The molecule has 4 heterocycles. The Kier molecular flexibility index (Phi) is 4.55. The van der Waals surface area contributed by atoms with E-state index in [0.29, 0.717) is 22.2 Å². The number of aryl methyl sites for hydroxylation is 1. The lowest BCUT2D eigenvalue weighted by Gasteiger charge is -2.20. The smallest absolute Gasteiger partial charge is 0.267 e. The van der Waals surface area contributed by atoms with Gasteiger partial charge in [0.2, 0.25) is 5.78 Å². The monoisotopic (exact) mass is 363 g/mol. The highest BCUT2D eigenvalue weighted by Gasteiger charge is 2.30. The van der Waals surface area contributed by atoms with Gasteiger partial charge < -0.3 is 0 Å². The van der Waals surface area contributed by atoms with Crippen molar-refractivity contribution in [1.82, 2.24) is 19.5 Å². The lowest BCUT2D eigenvalue weighted by molar-refractivity contribution is 0.103. The second-order valence-electron chi connectivity index (χ2n) is 6.92. The Morgan fingerprint density at radius 1 is 1.07 bits per heavy atom. The molecule has 0 spiro atoms. The van der Waals surface area contributed by atoms with Gasteiger partial charge >= 0.3 is 0 Å². The molecule has 0 aliphatic carbocycles. The van der Waals surface area contributed by atoms with Gasteiger partial charge in [0.15, 0.2) is 5.82 Å². The van der Waals surface area contributed by atoms with Gasteiger partial charge in [0.25, 0.3) is 5.56 Å². The van der Waals surface area contributed by atoms with E-state index in [1.165, 1.54) is 30.0 Å². The SMILES string of the molecule is Cc1ccc2c(c1)C(=O)c1nc3ccncc3c(=O)n1-2.NN1CCCCC1. The van der Waals surface area contributed by atoms with Crippen LogP contribution in [0.25, 0.3) is 16.6 Å². The predicted molar refractivity (Wildman–Crippen MR) is 103 cm³/mol. The first-order valence-corrected chi connectivity index (χ1v) is 9.08. The molecule has 138 valence electrons. The molecule has 0 unspecified atom stereocenters. The maximum Gasteiger partial charge on any atom is 0.267 e. The minimum absolute atomic E-state index is 0.175. The molecule has 2 aliphatic rings. The lowest BCUT2D eigenvalue weighted by Crippen LogP contribution is -2.35. The number of pyridine rings is 1. The molecule has 0 bridgehead atoms. The van der Waals surface area contributed by atoms with Crippen molar-refractivity contribution >= 4 is 16.7 Å². The summed E-state index contributed by atoms with van der Waals surface area (Å²) in [6.07, 6.45) is 6.98. The first-order chi connectivity index (χ1) is 13.1. The molecule has 0 amide bonds. The molecule has 0 saturated carbocycles. The Morgan fingerprint density at radius 3 is 2.56 bits per heavy atom. The molecule has 5 rings (SSSR count). The van der Waals surface area contributed by atoms with Gasteiger partial charge in [-0.2, -0.15) is 0 Å². The van der Waals surface area contributed by atoms with Gasteiger partial charge in [0.05, 0.1) is 22.2 Å². The van der Waals surface area contributed by atoms with E-state index in [1.54, 1.807) is 24.4 Å². The highest BCUT2D eigenvalue weighted by atomic mass is 16.1. The number of fused-ring (bicyclic) bond motifs is 4. The Labute approximate surface area is 156 Å². The van der Waals surface area contributed by atoms with E-state index in [0.717, 1.165) is 18.7 Å². The van der Waals surface area contributed by atoms with Crippen molar-refractivity contribution in [2.75, 3.05) is 13.1 Å². The molecular weight excluding hydrogens is 342 g/mol. The van der Waals surface area contributed by atoms with Crippen molar-refractivity contribution < 1.29 is 4.79 Å². The van der Waals surface area contributed by atoms with Crippen LogP contribution in [0.1, 0.15) is 41.0 Å². The van der Waals surface area contributed by atoms with E-state index in [2.05, 4.69) is 9.97 Å². The summed E-state index contributed by atoms with van der Waals surface area (Å²) in [6, 6.07) is 7.08. The molecule has 1 saturated heterocycles. The molecule has 7 heteroatoms. The minimum atomic E-state index is -0.256. The highest BCUT2D eigenvalue weighted by Crippen LogP contribution is 2.26. The number of piperidine rings is 1. The fraction of sp³-hybridized carbons (Fsp3) is 0.300. The minimum Gasteiger partial charge on any atom is -0.285 e. The third-order valence-corrected chi connectivity index (χ3v) is 4.90. The van der Waals surface area contributed by atoms with Gasteiger partial charge in [-0.15, -0.1) is 0 Å². The molecule has 7 nitrogen and oxygen atoms in total. The van der Waals surface area contributed by atoms with Crippen LogP contribution in [0.5, 0.6) is 0 Å². The largest absolute Gasteiger partial charge is 0.285 e. The predicted octanol–water partition coefficient (Wildman–Crippen LogP) is 1.98. The van der Waals surface area contributed by atoms with Crippen molar-refractivity contribution in [2.45, 2.75) is 26.2 Å². The summed E-state index contributed by atoms with van der Waals surface area (Å²) < 4.78 is 1.38. The van der Waals surface area contributed by atoms with E-state index >= 15 is 0 Å². The van der Waals surface area contributed by atoms with Gasteiger partial charge in [-0.25, -0.2) is 9.99 Å². The molecular formula is C20H21N5O2. The Bertz CT molecular complexity index is 1080. The second-order valence-corrected chi connectivity index (χ2v) is 6.92. The van der Waals surface area contributed by atoms with Gasteiger partial charge in [0, 0.05) is 25.5 Å². The zero-order valence-corrected chi connectivity index (χ0v) is 15.2. The van der Waals surface area contributed by atoms with Crippen LogP contribution in [0.2, 0.25) is 0 Å². The average molecular weight is 363 g/mol. The summed E-state index contributed by atoms with van der Waals surface area (Å²) in [5, 5.41) is 2.31.